The van der Waals surface area contributed by atoms with Crippen molar-refractivity contribution in [1.29, 1.82) is 0 Å². The maximum absolute atomic E-state index is 14.5. The van der Waals surface area contributed by atoms with Crippen molar-refractivity contribution < 1.29 is 9.18 Å². The number of carbonyl (C=O) groups excluding carboxylic acids is 1. The van der Waals surface area contributed by atoms with Crippen molar-refractivity contribution in [1.82, 2.24) is 24.6 Å². The molecule has 0 aliphatic heterocycles. The molecule has 1 N–H and O–H groups in total. The quantitative estimate of drug-likeness (QED) is 0.581. The number of nitrogens with one attached hydrogen (secondary N) is 1. The van der Waals surface area contributed by atoms with E-state index in [0.29, 0.717) is 22.8 Å². The van der Waals surface area contributed by atoms with Gasteiger partial charge in [-0.15, -0.1) is 0 Å². The van der Waals surface area contributed by atoms with Crippen LogP contribution in [0.5, 0.6) is 0 Å². The molecule has 0 atom stereocenters. The number of halogens is 1. The van der Waals surface area contributed by atoms with Gasteiger partial charge in [0.2, 0.25) is 0 Å². The van der Waals surface area contributed by atoms with Gasteiger partial charge in [-0.2, -0.15) is 5.10 Å². The summed E-state index contributed by atoms with van der Waals surface area (Å²) in [5.74, 6) is 0.0137. The zero-order chi connectivity index (χ0) is 19.5. The normalized spacial score (nSPS) is 10.8. The lowest BCUT2D eigenvalue weighted by atomic mass is 10.2. The molecule has 1 amide bonds. The highest BCUT2D eigenvalue weighted by molar-refractivity contribution is 5.92. The third-order valence-electron chi connectivity index (χ3n) is 4.39. The summed E-state index contributed by atoms with van der Waals surface area (Å²) in [6.45, 7) is 2.01. The Labute approximate surface area is 161 Å². The molecule has 28 heavy (non-hydrogen) atoms. The first-order chi connectivity index (χ1) is 13.6. The third kappa shape index (κ3) is 3.55. The Morgan fingerprint density at radius 3 is 2.64 bits per heavy atom. The number of benzene rings is 2. The van der Waals surface area contributed by atoms with Crippen LogP contribution in [0.3, 0.4) is 0 Å². The molecule has 4 aromatic rings. The molecule has 2 heterocycles. The molecule has 140 valence electrons. The number of amides is 1. The first-order valence-electron chi connectivity index (χ1n) is 8.80. The average Bonchev–Trinajstić information content (AvgIpc) is 3.36. The first-order valence-corrected chi connectivity index (χ1v) is 8.80. The SMILES string of the molecule is Cc1nccn1-c1ccc(CNC(=O)c2ccn(-c3ccccc3)n2)cc1F. The zero-order valence-corrected chi connectivity index (χ0v) is 15.2. The van der Waals surface area contributed by atoms with Crippen molar-refractivity contribution in [3.8, 4) is 11.4 Å². The Hall–Kier alpha value is -3.74. The summed E-state index contributed by atoms with van der Waals surface area (Å²) in [5, 5.41) is 7.06. The minimum atomic E-state index is -0.374. The molecule has 0 aliphatic carbocycles. The number of nitrogens with zero attached hydrogens (tertiary/aromatic N) is 4. The van der Waals surface area contributed by atoms with Gasteiger partial charge < -0.3 is 9.88 Å². The molecule has 0 saturated carbocycles. The Morgan fingerprint density at radius 1 is 1.11 bits per heavy atom. The van der Waals surface area contributed by atoms with Gasteiger partial charge in [-0.1, -0.05) is 24.3 Å². The average molecular weight is 375 g/mol. The molecular formula is C21H18FN5O. The fraction of sp³-hybridized carbons (Fsp3) is 0.0952. The molecule has 0 aliphatic rings. The first kappa shape index (κ1) is 17.7. The number of hydrogen-bond acceptors (Lipinski definition) is 3. The molecule has 7 heteroatoms. The highest BCUT2D eigenvalue weighted by atomic mass is 19.1. The van der Waals surface area contributed by atoms with Crippen molar-refractivity contribution in [3.63, 3.8) is 0 Å². The van der Waals surface area contributed by atoms with Crippen LogP contribution in [0.2, 0.25) is 0 Å². The lowest BCUT2D eigenvalue weighted by molar-refractivity contribution is 0.0945. The molecule has 2 aromatic heterocycles. The van der Waals surface area contributed by atoms with Crippen LogP contribution in [0.15, 0.2) is 73.2 Å². The van der Waals surface area contributed by atoms with E-state index >= 15 is 0 Å². The molecule has 0 bridgehead atoms. The highest BCUT2D eigenvalue weighted by Gasteiger charge is 2.12. The van der Waals surface area contributed by atoms with Crippen LogP contribution in [0, 0.1) is 12.7 Å². The summed E-state index contributed by atoms with van der Waals surface area (Å²) in [6.07, 6.45) is 5.06. The maximum Gasteiger partial charge on any atom is 0.272 e. The largest absolute Gasteiger partial charge is 0.347 e. The predicted molar refractivity (Wildman–Crippen MR) is 103 cm³/mol. The van der Waals surface area contributed by atoms with Gasteiger partial charge in [-0.3, -0.25) is 4.79 Å². The van der Waals surface area contributed by atoms with Crippen LogP contribution in [0.4, 0.5) is 4.39 Å². The van der Waals surface area contributed by atoms with Crippen LogP contribution in [-0.2, 0) is 6.54 Å². The van der Waals surface area contributed by atoms with Gasteiger partial charge in [0.15, 0.2) is 5.69 Å². The van der Waals surface area contributed by atoms with Gasteiger partial charge in [0.05, 0.1) is 11.4 Å². The number of para-hydroxylation sites is 1. The lowest BCUT2D eigenvalue weighted by Crippen LogP contribution is -2.23. The van der Waals surface area contributed by atoms with Gasteiger partial charge in [-0.25, -0.2) is 14.1 Å². The molecule has 4 rings (SSSR count). The van der Waals surface area contributed by atoms with Crippen LogP contribution in [-0.4, -0.2) is 25.2 Å². The minimum absolute atomic E-state index is 0.205. The molecule has 0 spiro atoms. The number of hydrogen-bond donors (Lipinski definition) is 1. The van der Waals surface area contributed by atoms with Gasteiger partial charge in [-0.05, 0) is 42.8 Å². The standard InChI is InChI=1S/C21H18FN5O/c1-15-23-10-12-26(15)20-8-7-16(13-18(20)22)14-24-21(28)19-9-11-27(25-19)17-5-3-2-4-6-17/h2-13H,14H2,1H3,(H,24,28). The van der Waals surface area contributed by atoms with E-state index in [-0.39, 0.29) is 18.3 Å². The summed E-state index contributed by atoms with van der Waals surface area (Å²) in [7, 11) is 0. The van der Waals surface area contributed by atoms with Crippen molar-refractivity contribution in [2.24, 2.45) is 0 Å². The molecule has 0 saturated heterocycles. The van der Waals surface area contributed by atoms with Gasteiger partial charge in [0.1, 0.15) is 11.6 Å². The molecule has 2 aromatic carbocycles. The van der Waals surface area contributed by atoms with Crippen LogP contribution >= 0.6 is 0 Å². The topological polar surface area (TPSA) is 64.7 Å². The summed E-state index contributed by atoms with van der Waals surface area (Å²) in [4.78, 5) is 16.5. The monoisotopic (exact) mass is 375 g/mol. The Morgan fingerprint density at radius 2 is 1.93 bits per heavy atom. The Balaban J connectivity index is 1.43. The van der Waals surface area contributed by atoms with E-state index < -0.39 is 0 Å². The van der Waals surface area contributed by atoms with Gasteiger partial charge in [0.25, 0.3) is 5.91 Å². The number of rotatable bonds is 5. The van der Waals surface area contributed by atoms with Gasteiger partial charge >= 0.3 is 0 Å². The molecular weight excluding hydrogens is 357 g/mol. The fourth-order valence-electron chi connectivity index (χ4n) is 2.93. The van der Waals surface area contributed by atoms with E-state index in [1.807, 2.05) is 37.3 Å². The Kier molecular flexibility index (Phi) is 4.72. The maximum atomic E-state index is 14.5. The number of aryl methyl sites for hydroxylation is 1. The molecule has 0 fully saturated rings. The number of carbonyl (C=O) groups is 1. The van der Waals surface area contributed by atoms with E-state index in [9.17, 15) is 9.18 Å². The lowest BCUT2D eigenvalue weighted by Gasteiger charge is -2.09. The Bertz CT molecular complexity index is 1120. The van der Waals surface area contributed by atoms with Crippen LogP contribution in [0.25, 0.3) is 11.4 Å². The van der Waals surface area contributed by atoms with Crippen LogP contribution < -0.4 is 5.32 Å². The summed E-state index contributed by atoms with van der Waals surface area (Å²) in [6, 6.07) is 16.0. The molecule has 0 unspecified atom stereocenters. The van der Waals surface area contributed by atoms with Crippen LogP contribution in [0.1, 0.15) is 21.9 Å². The van der Waals surface area contributed by atoms with E-state index in [4.69, 9.17) is 0 Å². The summed E-state index contributed by atoms with van der Waals surface area (Å²) < 4.78 is 17.8. The minimum Gasteiger partial charge on any atom is -0.347 e. The number of aromatic nitrogens is 4. The molecule has 6 nitrogen and oxygen atoms in total. The van der Waals surface area contributed by atoms with Crippen molar-refractivity contribution in [2.45, 2.75) is 13.5 Å². The summed E-state index contributed by atoms with van der Waals surface area (Å²) in [5.41, 5.74) is 2.26. The zero-order valence-electron chi connectivity index (χ0n) is 15.2. The second kappa shape index (κ2) is 7.48. The summed E-state index contributed by atoms with van der Waals surface area (Å²) >= 11 is 0. The second-order valence-corrected chi connectivity index (χ2v) is 6.29. The fourth-order valence-corrected chi connectivity index (χ4v) is 2.93. The predicted octanol–water partition coefficient (Wildman–Crippen LogP) is 3.44. The van der Waals surface area contributed by atoms with Crippen molar-refractivity contribution >= 4 is 5.91 Å². The van der Waals surface area contributed by atoms with Crippen molar-refractivity contribution in [2.75, 3.05) is 0 Å². The van der Waals surface area contributed by atoms with E-state index in [1.54, 1.807) is 46.0 Å². The number of imidazole rings is 1. The van der Waals surface area contributed by atoms with Crippen molar-refractivity contribution in [3.05, 3.63) is 96.1 Å². The van der Waals surface area contributed by atoms with E-state index in [2.05, 4.69) is 15.4 Å². The second-order valence-electron chi connectivity index (χ2n) is 6.29. The van der Waals surface area contributed by atoms with Gasteiger partial charge in [0, 0.05) is 25.1 Å². The van der Waals surface area contributed by atoms with E-state index in [1.165, 1.54) is 6.07 Å². The van der Waals surface area contributed by atoms with E-state index in [0.717, 1.165) is 5.69 Å². The highest BCUT2D eigenvalue weighted by Crippen LogP contribution is 2.17. The molecule has 0 radical (unpaired) electrons. The smallest absolute Gasteiger partial charge is 0.272 e. The third-order valence-corrected chi connectivity index (χ3v) is 4.39.